The standard InChI is InChI=1S/C15H18N4O/c1-11-14(9-18-19(11)2)8-17-10-15(20)13-5-3-12(7-16)4-6-13/h3-6,9,15,17,20H,8,10H2,1-2H3. The zero-order chi connectivity index (χ0) is 14.5. The van der Waals surface area contributed by atoms with E-state index in [1.165, 1.54) is 0 Å². The van der Waals surface area contributed by atoms with E-state index in [0.29, 0.717) is 18.7 Å². The maximum Gasteiger partial charge on any atom is 0.0991 e. The number of aryl methyl sites for hydroxylation is 1. The molecule has 1 atom stereocenters. The second kappa shape index (κ2) is 6.33. The summed E-state index contributed by atoms with van der Waals surface area (Å²) >= 11 is 0. The molecule has 0 fully saturated rings. The molecule has 0 saturated heterocycles. The lowest BCUT2D eigenvalue weighted by molar-refractivity contribution is 0.174. The number of aromatic nitrogens is 2. The molecule has 5 nitrogen and oxygen atoms in total. The maximum absolute atomic E-state index is 10.1. The SMILES string of the molecule is Cc1c(CNCC(O)c2ccc(C#N)cc2)cnn1C. The highest BCUT2D eigenvalue weighted by atomic mass is 16.3. The quantitative estimate of drug-likeness (QED) is 0.862. The molecule has 0 amide bonds. The molecule has 1 aromatic carbocycles. The zero-order valence-electron chi connectivity index (χ0n) is 11.7. The van der Waals surface area contributed by atoms with Gasteiger partial charge in [-0.15, -0.1) is 0 Å². The van der Waals surface area contributed by atoms with Gasteiger partial charge in [-0.05, 0) is 24.6 Å². The van der Waals surface area contributed by atoms with E-state index in [1.54, 1.807) is 24.3 Å². The number of aliphatic hydroxyl groups excluding tert-OH is 1. The Labute approximate surface area is 118 Å². The van der Waals surface area contributed by atoms with E-state index in [4.69, 9.17) is 5.26 Å². The molecule has 20 heavy (non-hydrogen) atoms. The van der Waals surface area contributed by atoms with Crippen molar-refractivity contribution < 1.29 is 5.11 Å². The molecule has 1 unspecified atom stereocenters. The van der Waals surface area contributed by atoms with E-state index in [9.17, 15) is 5.11 Å². The highest BCUT2D eigenvalue weighted by Crippen LogP contribution is 2.13. The lowest BCUT2D eigenvalue weighted by Crippen LogP contribution is -2.21. The van der Waals surface area contributed by atoms with E-state index < -0.39 is 6.10 Å². The Kier molecular flexibility index (Phi) is 4.51. The number of rotatable bonds is 5. The van der Waals surface area contributed by atoms with Gasteiger partial charge in [-0.1, -0.05) is 12.1 Å². The number of nitriles is 1. The molecule has 0 aliphatic heterocycles. The molecule has 0 bridgehead atoms. The Balaban J connectivity index is 1.87. The zero-order valence-corrected chi connectivity index (χ0v) is 11.7. The topological polar surface area (TPSA) is 73.9 Å². The molecule has 0 radical (unpaired) electrons. The summed E-state index contributed by atoms with van der Waals surface area (Å²) in [5.41, 5.74) is 3.64. The Morgan fingerprint density at radius 1 is 1.40 bits per heavy atom. The summed E-state index contributed by atoms with van der Waals surface area (Å²) < 4.78 is 1.83. The predicted octanol–water partition coefficient (Wildman–Crippen LogP) is 1.42. The molecular formula is C15H18N4O. The third-order valence-corrected chi connectivity index (χ3v) is 3.41. The van der Waals surface area contributed by atoms with Gasteiger partial charge < -0.3 is 10.4 Å². The molecule has 0 aliphatic carbocycles. The van der Waals surface area contributed by atoms with Gasteiger partial charge in [0.25, 0.3) is 0 Å². The van der Waals surface area contributed by atoms with Crippen molar-refractivity contribution in [2.75, 3.05) is 6.54 Å². The van der Waals surface area contributed by atoms with Crippen LogP contribution in [0.25, 0.3) is 0 Å². The lowest BCUT2D eigenvalue weighted by Gasteiger charge is -2.12. The summed E-state index contributed by atoms with van der Waals surface area (Å²) in [4.78, 5) is 0. The molecular weight excluding hydrogens is 252 g/mol. The smallest absolute Gasteiger partial charge is 0.0991 e. The minimum atomic E-state index is -0.584. The first-order chi connectivity index (χ1) is 9.61. The third-order valence-electron chi connectivity index (χ3n) is 3.41. The van der Waals surface area contributed by atoms with Crippen molar-refractivity contribution in [3.63, 3.8) is 0 Å². The van der Waals surface area contributed by atoms with Gasteiger partial charge in [0.05, 0.1) is 23.9 Å². The molecule has 0 saturated carbocycles. The average molecular weight is 270 g/mol. The maximum atomic E-state index is 10.1. The molecule has 104 valence electrons. The van der Waals surface area contributed by atoms with Crippen LogP contribution >= 0.6 is 0 Å². The fourth-order valence-corrected chi connectivity index (χ4v) is 1.96. The van der Waals surface area contributed by atoms with Crippen molar-refractivity contribution in [2.24, 2.45) is 7.05 Å². The minimum Gasteiger partial charge on any atom is -0.387 e. The van der Waals surface area contributed by atoms with Crippen LogP contribution in [0.1, 0.15) is 28.5 Å². The number of nitrogens with zero attached hydrogens (tertiary/aromatic N) is 3. The predicted molar refractivity (Wildman–Crippen MR) is 75.8 cm³/mol. The van der Waals surface area contributed by atoms with Crippen molar-refractivity contribution in [2.45, 2.75) is 19.6 Å². The van der Waals surface area contributed by atoms with Crippen LogP contribution in [0, 0.1) is 18.3 Å². The van der Waals surface area contributed by atoms with Gasteiger partial charge in [0.1, 0.15) is 0 Å². The monoisotopic (exact) mass is 270 g/mol. The van der Waals surface area contributed by atoms with Gasteiger partial charge in [0.15, 0.2) is 0 Å². The molecule has 0 spiro atoms. The van der Waals surface area contributed by atoms with Crippen molar-refractivity contribution in [3.8, 4) is 6.07 Å². The van der Waals surface area contributed by atoms with Crippen LogP contribution in [0.5, 0.6) is 0 Å². The molecule has 5 heteroatoms. The van der Waals surface area contributed by atoms with Crippen molar-refractivity contribution in [1.29, 1.82) is 5.26 Å². The molecule has 2 N–H and O–H groups in total. The second-order valence-electron chi connectivity index (χ2n) is 4.76. The summed E-state index contributed by atoms with van der Waals surface area (Å²) in [5.74, 6) is 0. The highest BCUT2D eigenvalue weighted by molar-refractivity contribution is 5.32. The average Bonchev–Trinajstić information content (AvgIpc) is 2.79. The van der Waals surface area contributed by atoms with Crippen LogP contribution < -0.4 is 5.32 Å². The van der Waals surface area contributed by atoms with Crippen LogP contribution in [0.3, 0.4) is 0 Å². The fourth-order valence-electron chi connectivity index (χ4n) is 1.96. The summed E-state index contributed by atoms with van der Waals surface area (Å²) in [6, 6.07) is 9.04. The summed E-state index contributed by atoms with van der Waals surface area (Å²) in [6.07, 6.45) is 1.25. The number of benzene rings is 1. The normalized spacial score (nSPS) is 12.1. The van der Waals surface area contributed by atoms with E-state index in [-0.39, 0.29) is 0 Å². The van der Waals surface area contributed by atoms with Gasteiger partial charge in [-0.2, -0.15) is 10.4 Å². The van der Waals surface area contributed by atoms with Crippen LogP contribution in [0.2, 0.25) is 0 Å². The van der Waals surface area contributed by atoms with Crippen molar-refractivity contribution in [3.05, 3.63) is 52.8 Å². The molecule has 2 aromatic rings. The minimum absolute atomic E-state index is 0.459. The Morgan fingerprint density at radius 2 is 2.10 bits per heavy atom. The van der Waals surface area contributed by atoms with Crippen LogP contribution in [-0.2, 0) is 13.6 Å². The number of hydrogen-bond donors (Lipinski definition) is 2. The van der Waals surface area contributed by atoms with E-state index >= 15 is 0 Å². The fraction of sp³-hybridized carbons (Fsp3) is 0.333. The largest absolute Gasteiger partial charge is 0.387 e. The van der Waals surface area contributed by atoms with E-state index in [1.807, 2.05) is 24.9 Å². The highest BCUT2D eigenvalue weighted by Gasteiger charge is 2.08. The van der Waals surface area contributed by atoms with Gasteiger partial charge in [-0.25, -0.2) is 0 Å². The third kappa shape index (κ3) is 3.23. The van der Waals surface area contributed by atoms with Crippen LogP contribution in [0.15, 0.2) is 30.5 Å². The van der Waals surface area contributed by atoms with E-state index in [2.05, 4.69) is 16.5 Å². The van der Waals surface area contributed by atoms with Crippen LogP contribution in [-0.4, -0.2) is 21.4 Å². The van der Waals surface area contributed by atoms with Crippen molar-refractivity contribution in [1.82, 2.24) is 15.1 Å². The lowest BCUT2D eigenvalue weighted by atomic mass is 10.1. The second-order valence-corrected chi connectivity index (χ2v) is 4.76. The number of nitrogens with one attached hydrogen (secondary N) is 1. The van der Waals surface area contributed by atoms with E-state index in [0.717, 1.165) is 16.8 Å². The Hall–Kier alpha value is -2.16. The molecule has 1 aromatic heterocycles. The summed E-state index contributed by atoms with van der Waals surface area (Å²) in [6.45, 7) is 3.15. The number of hydrogen-bond acceptors (Lipinski definition) is 4. The number of aliphatic hydroxyl groups is 1. The van der Waals surface area contributed by atoms with Gasteiger partial charge in [0, 0.05) is 31.4 Å². The Bertz CT molecular complexity index is 610. The van der Waals surface area contributed by atoms with Gasteiger partial charge in [-0.3, -0.25) is 4.68 Å². The van der Waals surface area contributed by atoms with Gasteiger partial charge in [0.2, 0.25) is 0 Å². The van der Waals surface area contributed by atoms with Gasteiger partial charge >= 0.3 is 0 Å². The molecule has 2 rings (SSSR count). The summed E-state index contributed by atoms with van der Waals surface area (Å²) in [5, 5.41) is 26.2. The summed E-state index contributed by atoms with van der Waals surface area (Å²) in [7, 11) is 1.91. The Morgan fingerprint density at radius 3 is 2.65 bits per heavy atom. The first-order valence-corrected chi connectivity index (χ1v) is 6.48. The van der Waals surface area contributed by atoms with Crippen LogP contribution in [0.4, 0.5) is 0 Å². The first-order valence-electron chi connectivity index (χ1n) is 6.48. The molecule has 1 heterocycles. The molecule has 0 aliphatic rings. The first kappa shape index (κ1) is 14.3. The van der Waals surface area contributed by atoms with Crippen molar-refractivity contribution >= 4 is 0 Å².